The first-order valence-corrected chi connectivity index (χ1v) is 5.46. The lowest BCUT2D eigenvalue weighted by Crippen LogP contribution is -2.06. The summed E-state index contributed by atoms with van der Waals surface area (Å²) in [5, 5.41) is 0. The summed E-state index contributed by atoms with van der Waals surface area (Å²) in [4.78, 5) is 0. The fourth-order valence-electron chi connectivity index (χ4n) is 1.08. The van der Waals surface area contributed by atoms with Crippen LogP contribution in [0.15, 0.2) is 12.2 Å². The molecule has 58 valence electrons. The zero-order valence-electron chi connectivity index (χ0n) is 6.30. The molecular weight excluding hydrogens is 147 g/mol. The molecule has 0 aromatic heterocycles. The highest BCUT2D eigenvalue weighted by atomic mass is 31.2. The highest BCUT2D eigenvalue weighted by Crippen LogP contribution is 2.51. The maximum absolute atomic E-state index is 11.5. The smallest absolute Gasteiger partial charge is 0.203 e. The molecule has 0 radical (unpaired) electrons. The van der Waals surface area contributed by atoms with Gasteiger partial charge in [0.1, 0.15) is 0 Å². The maximum atomic E-state index is 11.5. The molecule has 0 aromatic rings. The van der Waals surface area contributed by atoms with E-state index >= 15 is 0 Å². The first-order chi connectivity index (χ1) is 4.66. The molecule has 0 atom stereocenters. The molecule has 1 aliphatic rings. The largest absolute Gasteiger partial charge is 0.332 e. The minimum absolute atomic E-state index is 0.697. The summed E-state index contributed by atoms with van der Waals surface area (Å²) in [5.74, 6) is 0. The van der Waals surface area contributed by atoms with Crippen LogP contribution in [-0.4, -0.2) is 19.4 Å². The van der Waals surface area contributed by atoms with Gasteiger partial charge in [0.15, 0.2) is 0 Å². The molecule has 0 bridgehead atoms. The van der Waals surface area contributed by atoms with Gasteiger partial charge in [-0.25, -0.2) is 0 Å². The van der Waals surface area contributed by atoms with Crippen LogP contribution in [0.1, 0.15) is 12.8 Å². The van der Waals surface area contributed by atoms with Gasteiger partial charge in [-0.2, -0.15) is 0 Å². The summed E-state index contributed by atoms with van der Waals surface area (Å²) in [7, 11) is -0.656. The molecule has 0 N–H and O–H groups in total. The Morgan fingerprint density at radius 2 is 2.00 bits per heavy atom. The third-order valence-electron chi connectivity index (χ3n) is 1.94. The maximum Gasteiger partial charge on any atom is 0.203 e. The van der Waals surface area contributed by atoms with Crippen LogP contribution in [0.2, 0.25) is 0 Å². The molecule has 0 saturated carbocycles. The Bertz CT molecular complexity index is 172. The van der Waals surface area contributed by atoms with E-state index in [4.69, 9.17) is 4.52 Å². The van der Waals surface area contributed by atoms with Crippen molar-refractivity contribution in [1.29, 1.82) is 0 Å². The van der Waals surface area contributed by atoms with E-state index in [1.54, 1.807) is 0 Å². The Hall–Kier alpha value is -0.0700. The molecule has 1 fully saturated rings. The van der Waals surface area contributed by atoms with Gasteiger partial charge in [-0.05, 0) is 12.8 Å². The normalized spacial score (nSPS) is 24.7. The summed E-state index contributed by atoms with van der Waals surface area (Å²) >= 11 is 0. The first kappa shape index (κ1) is 8.03. The van der Waals surface area contributed by atoms with Crippen molar-refractivity contribution < 1.29 is 9.09 Å². The average Bonchev–Trinajstić information content (AvgIpc) is 1.96. The molecule has 10 heavy (non-hydrogen) atoms. The molecule has 1 heterocycles. The van der Waals surface area contributed by atoms with Crippen LogP contribution in [0.5, 0.6) is 0 Å². The van der Waals surface area contributed by atoms with Crippen molar-refractivity contribution in [3.05, 3.63) is 12.2 Å². The fraction of sp³-hybridized carbons (Fsp3) is 0.714. The third kappa shape index (κ3) is 1.71. The van der Waals surface area contributed by atoms with Crippen molar-refractivity contribution in [2.45, 2.75) is 12.8 Å². The lowest BCUT2D eigenvalue weighted by molar-refractivity contribution is 0.389. The van der Waals surface area contributed by atoms with Crippen molar-refractivity contribution in [1.82, 2.24) is 0 Å². The zero-order valence-corrected chi connectivity index (χ0v) is 7.19. The molecule has 0 aromatic carbocycles. The van der Waals surface area contributed by atoms with Crippen molar-refractivity contribution >= 4 is 7.37 Å². The molecule has 0 amide bonds. The van der Waals surface area contributed by atoms with Crippen LogP contribution in [0.4, 0.5) is 0 Å². The van der Waals surface area contributed by atoms with Gasteiger partial charge >= 0.3 is 0 Å². The van der Waals surface area contributed by atoms with E-state index < -0.39 is 7.37 Å². The summed E-state index contributed by atoms with van der Waals surface area (Å²) in [6.45, 7) is 3.84. The third-order valence-corrected chi connectivity index (χ3v) is 4.42. The van der Waals surface area contributed by atoms with E-state index in [0.29, 0.717) is 12.3 Å². The van der Waals surface area contributed by atoms with Gasteiger partial charge in [0.2, 0.25) is 7.37 Å². The van der Waals surface area contributed by atoms with E-state index in [0.717, 1.165) is 12.8 Å². The second kappa shape index (κ2) is 2.89. The van der Waals surface area contributed by atoms with Gasteiger partial charge < -0.3 is 4.52 Å². The van der Waals surface area contributed by atoms with Crippen LogP contribution in [0.3, 0.4) is 0 Å². The zero-order chi connectivity index (χ0) is 7.61. The van der Waals surface area contributed by atoms with Crippen molar-refractivity contribution in [2.24, 2.45) is 0 Å². The molecule has 2 nitrogen and oxygen atoms in total. The molecule has 1 aliphatic heterocycles. The number of allylic oxidation sites excluding steroid dienone is 1. The van der Waals surface area contributed by atoms with E-state index in [2.05, 4.69) is 6.58 Å². The van der Waals surface area contributed by atoms with Crippen LogP contribution in [0, 0.1) is 0 Å². The van der Waals surface area contributed by atoms with E-state index in [1.165, 1.54) is 12.7 Å². The quantitative estimate of drug-likeness (QED) is 0.434. The fourth-order valence-corrected chi connectivity index (χ4v) is 2.98. The molecule has 0 spiro atoms. The standard InChI is InChI=1S/C7H13O2P/c1-7-3-5-10(8,9-2)6-4-7/h1,3-6H2,2H3. The Labute approximate surface area is 61.7 Å². The topological polar surface area (TPSA) is 26.3 Å². The molecule has 3 heteroatoms. The predicted molar refractivity (Wildman–Crippen MR) is 42.7 cm³/mol. The summed E-state index contributed by atoms with van der Waals surface area (Å²) in [6.07, 6.45) is 3.15. The summed E-state index contributed by atoms with van der Waals surface area (Å²) < 4.78 is 16.4. The van der Waals surface area contributed by atoms with Gasteiger partial charge in [0.05, 0.1) is 0 Å². The minimum Gasteiger partial charge on any atom is -0.332 e. The van der Waals surface area contributed by atoms with Crippen molar-refractivity contribution in [3.63, 3.8) is 0 Å². The van der Waals surface area contributed by atoms with Gasteiger partial charge in [-0.15, -0.1) is 0 Å². The van der Waals surface area contributed by atoms with E-state index in [-0.39, 0.29) is 0 Å². The highest BCUT2D eigenvalue weighted by molar-refractivity contribution is 7.59. The number of hydrogen-bond acceptors (Lipinski definition) is 2. The Morgan fingerprint density at radius 1 is 1.50 bits per heavy atom. The van der Waals surface area contributed by atoms with Gasteiger partial charge in [-0.3, -0.25) is 4.57 Å². The van der Waals surface area contributed by atoms with Crippen molar-refractivity contribution in [3.8, 4) is 0 Å². The van der Waals surface area contributed by atoms with E-state index in [9.17, 15) is 4.57 Å². The summed E-state index contributed by atoms with van der Waals surface area (Å²) in [5.41, 5.74) is 1.21. The Balaban J connectivity index is 2.54. The second-order valence-electron chi connectivity index (χ2n) is 2.69. The Kier molecular flexibility index (Phi) is 2.32. The van der Waals surface area contributed by atoms with Crippen molar-refractivity contribution in [2.75, 3.05) is 19.4 Å². The first-order valence-electron chi connectivity index (χ1n) is 3.47. The van der Waals surface area contributed by atoms with Crippen LogP contribution in [0.25, 0.3) is 0 Å². The van der Waals surface area contributed by atoms with E-state index in [1.807, 2.05) is 0 Å². The molecule has 1 saturated heterocycles. The second-order valence-corrected chi connectivity index (χ2v) is 5.58. The number of hydrogen-bond donors (Lipinski definition) is 0. The van der Waals surface area contributed by atoms with Gasteiger partial charge in [0, 0.05) is 19.4 Å². The lowest BCUT2D eigenvalue weighted by Gasteiger charge is -2.21. The van der Waals surface area contributed by atoms with Gasteiger partial charge in [-0.1, -0.05) is 12.2 Å². The monoisotopic (exact) mass is 160 g/mol. The lowest BCUT2D eigenvalue weighted by atomic mass is 10.2. The molecule has 0 aliphatic carbocycles. The number of rotatable bonds is 1. The molecular formula is C7H13O2P. The van der Waals surface area contributed by atoms with Crippen LogP contribution < -0.4 is 0 Å². The van der Waals surface area contributed by atoms with Crippen LogP contribution >= 0.6 is 7.37 Å². The van der Waals surface area contributed by atoms with Gasteiger partial charge in [0.25, 0.3) is 0 Å². The SMILES string of the molecule is C=C1CCP(=O)(OC)CC1. The Morgan fingerprint density at radius 3 is 2.40 bits per heavy atom. The minimum atomic E-state index is -2.19. The van der Waals surface area contributed by atoms with Crippen LogP contribution in [-0.2, 0) is 9.09 Å². The molecule has 1 rings (SSSR count). The highest BCUT2D eigenvalue weighted by Gasteiger charge is 2.25. The summed E-state index contributed by atoms with van der Waals surface area (Å²) in [6, 6.07) is 0. The average molecular weight is 160 g/mol. The predicted octanol–water partition coefficient (Wildman–Crippen LogP) is 2.26. The molecule has 0 unspecified atom stereocenters.